The first-order valence-electron chi connectivity index (χ1n) is 8.18. The Morgan fingerprint density at radius 3 is 2.72 bits per heavy atom. The number of aromatic nitrogens is 1. The molecule has 4 rings (SSSR count). The third-order valence-corrected chi connectivity index (χ3v) is 5.41. The summed E-state index contributed by atoms with van der Waals surface area (Å²) in [6.45, 7) is 2.85. The van der Waals surface area contributed by atoms with E-state index in [9.17, 15) is 4.79 Å². The average Bonchev–Trinajstić information content (AvgIpc) is 3.27. The van der Waals surface area contributed by atoms with Crippen LogP contribution < -0.4 is 9.64 Å². The molecule has 0 fully saturated rings. The van der Waals surface area contributed by atoms with Crippen LogP contribution in [0.4, 0.5) is 5.69 Å². The smallest absolute Gasteiger partial charge is 0.277 e. The standard InChI is InChI=1S/C20H18N2O2S/c1-13-11-22(18-6-4-3-5-16(13)18)20(23)17-12-25-19(21-17)14-7-9-15(24-2)10-8-14/h3-10,12-13H,11H2,1-2H3/t13-/m0/s1. The van der Waals surface area contributed by atoms with Gasteiger partial charge in [0.05, 0.1) is 7.11 Å². The molecular weight excluding hydrogens is 332 g/mol. The molecule has 0 aliphatic carbocycles. The molecule has 1 aromatic heterocycles. The van der Waals surface area contributed by atoms with E-state index in [1.54, 1.807) is 7.11 Å². The van der Waals surface area contributed by atoms with Gasteiger partial charge in [-0.1, -0.05) is 25.1 Å². The summed E-state index contributed by atoms with van der Waals surface area (Å²) in [6.07, 6.45) is 0. The maximum absolute atomic E-state index is 13.0. The Hall–Kier alpha value is -2.66. The minimum Gasteiger partial charge on any atom is -0.497 e. The first-order valence-corrected chi connectivity index (χ1v) is 9.06. The van der Waals surface area contributed by atoms with Gasteiger partial charge in [0, 0.05) is 29.1 Å². The van der Waals surface area contributed by atoms with Crippen molar-refractivity contribution in [1.29, 1.82) is 0 Å². The fourth-order valence-corrected chi connectivity index (χ4v) is 3.99. The third-order valence-electron chi connectivity index (χ3n) is 4.52. The van der Waals surface area contributed by atoms with E-state index in [1.807, 2.05) is 52.7 Å². The summed E-state index contributed by atoms with van der Waals surface area (Å²) in [5.74, 6) is 1.12. The summed E-state index contributed by atoms with van der Waals surface area (Å²) in [6, 6.07) is 15.8. The molecule has 0 bridgehead atoms. The number of ether oxygens (including phenoxy) is 1. The SMILES string of the molecule is COc1ccc(-c2nc(C(=O)N3C[C@H](C)c4ccccc43)cs2)cc1. The summed E-state index contributed by atoms with van der Waals surface area (Å²) < 4.78 is 5.18. The number of para-hydroxylation sites is 1. The Morgan fingerprint density at radius 1 is 1.20 bits per heavy atom. The average molecular weight is 350 g/mol. The Bertz CT molecular complexity index is 917. The van der Waals surface area contributed by atoms with E-state index < -0.39 is 0 Å². The first-order chi connectivity index (χ1) is 12.2. The number of benzene rings is 2. The highest BCUT2D eigenvalue weighted by Gasteiger charge is 2.31. The van der Waals surface area contributed by atoms with Gasteiger partial charge in [-0.15, -0.1) is 11.3 Å². The highest BCUT2D eigenvalue weighted by Crippen LogP contribution is 2.37. The predicted octanol–water partition coefficient (Wildman–Crippen LogP) is 4.58. The molecule has 0 unspecified atom stereocenters. The van der Waals surface area contributed by atoms with Gasteiger partial charge in [0.1, 0.15) is 16.5 Å². The molecule has 4 nitrogen and oxygen atoms in total. The highest BCUT2D eigenvalue weighted by atomic mass is 32.1. The second kappa shape index (κ2) is 6.33. The van der Waals surface area contributed by atoms with Crippen LogP contribution in [-0.4, -0.2) is 24.5 Å². The van der Waals surface area contributed by atoms with E-state index in [4.69, 9.17) is 4.74 Å². The van der Waals surface area contributed by atoms with Crippen molar-refractivity contribution in [2.75, 3.05) is 18.6 Å². The molecule has 0 spiro atoms. The van der Waals surface area contributed by atoms with Gasteiger partial charge in [-0.05, 0) is 35.9 Å². The number of thiazole rings is 1. The van der Waals surface area contributed by atoms with Crippen LogP contribution in [0.1, 0.15) is 28.9 Å². The van der Waals surface area contributed by atoms with E-state index in [0.717, 1.165) is 22.0 Å². The molecule has 0 saturated heterocycles. The third kappa shape index (κ3) is 2.81. The van der Waals surface area contributed by atoms with Crippen molar-refractivity contribution < 1.29 is 9.53 Å². The zero-order valence-electron chi connectivity index (χ0n) is 14.1. The number of nitrogens with zero attached hydrogens (tertiary/aromatic N) is 2. The summed E-state index contributed by atoms with van der Waals surface area (Å²) in [4.78, 5) is 19.4. The van der Waals surface area contributed by atoms with Gasteiger partial charge in [-0.25, -0.2) is 4.98 Å². The van der Waals surface area contributed by atoms with Crippen molar-refractivity contribution in [3.63, 3.8) is 0 Å². The van der Waals surface area contributed by atoms with Crippen molar-refractivity contribution >= 4 is 22.9 Å². The molecule has 1 aliphatic rings. The second-order valence-electron chi connectivity index (χ2n) is 6.14. The summed E-state index contributed by atoms with van der Waals surface area (Å²) in [7, 11) is 1.64. The van der Waals surface area contributed by atoms with Gasteiger partial charge in [0.2, 0.25) is 0 Å². The monoisotopic (exact) mass is 350 g/mol. The van der Waals surface area contributed by atoms with E-state index >= 15 is 0 Å². The second-order valence-corrected chi connectivity index (χ2v) is 7.00. The fourth-order valence-electron chi connectivity index (χ4n) is 3.19. The minimum absolute atomic E-state index is 0.0344. The van der Waals surface area contributed by atoms with Crippen molar-refractivity contribution in [3.05, 3.63) is 65.2 Å². The van der Waals surface area contributed by atoms with Crippen molar-refractivity contribution in [2.45, 2.75) is 12.8 Å². The van der Waals surface area contributed by atoms with Gasteiger partial charge in [-0.3, -0.25) is 4.79 Å². The van der Waals surface area contributed by atoms with Crippen LogP contribution in [0.3, 0.4) is 0 Å². The van der Waals surface area contributed by atoms with Crippen LogP contribution >= 0.6 is 11.3 Å². The number of rotatable bonds is 3. The number of methoxy groups -OCH3 is 1. The van der Waals surface area contributed by atoms with Crippen LogP contribution in [0, 0.1) is 0 Å². The van der Waals surface area contributed by atoms with Crippen LogP contribution in [0.5, 0.6) is 5.75 Å². The quantitative estimate of drug-likeness (QED) is 0.694. The molecule has 0 N–H and O–H groups in total. The molecule has 1 atom stereocenters. The zero-order valence-corrected chi connectivity index (χ0v) is 14.9. The van der Waals surface area contributed by atoms with Crippen LogP contribution in [0.15, 0.2) is 53.9 Å². The number of fused-ring (bicyclic) bond motifs is 1. The largest absolute Gasteiger partial charge is 0.497 e. The molecule has 5 heteroatoms. The summed E-state index contributed by atoms with van der Waals surface area (Å²) in [5.41, 5.74) is 3.71. The lowest BCUT2D eigenvalue weighted by Crippen LogP contribution is -2.29. The van der Waals surface area contributed by atoms with Crippen molar-refractivity contribution in [2.24, 2.45) is 0 Å². The van der Waals surface area contributed by atoms with Crippen LogP contribution in [0.2, 0.25) is 0 Å². The maximum atomic E-state index is 13.0. The molecule has 0 radical (unpaired) electrons. The molecular formula is C20H18N2O2S. The molecule has 2 heterocycles. The predicted molar refractivity (Wildman–Crippen MR) is 101 cm³/mol. The summed E-state index contributed by atoms with van der Waals surface area (Å²) in [5, 5.41) is 2.68. The Labute approximate surface area is 150 Å². The Balaban J connectivity index is 1.61. The van der Waals surface area contributed by atoms with Gasteiger partial charge in [0.25, 0.3) is 5.91 Å². The maximum Gasteiger partial charge on any atom is 0.277 e. The lowest BCUT2D eigenvalue weighted by atomic mass is 10.0. The van der Waals surface area contributed by atoms with Gasteiger partial charge in [0.15, 0.2) is 0 Å². The molecule has 1 amide bonds. The number of hydrogen-bond donors (Lipinski definition) is 0. The zero-order chi connectivity index (χ0) is 17.4. The highest BCUT2D eigenvalue weighted by molar-refractivity contribution is 7.13. The fraction of sp³-hybridized carbons (Fsp3) is 0.200. The molecule has 25 heavy (non-hydrogen) atoms. The molecule has 1 aliphatic heterocycles. The van der Waals surface area contributed by atoms with E-state index in [0.29, 0.717) is 18.2 Å². The number of carbonyl (C=O) groups is 1. The normalized spacial score (nSPS) is 15.9. The van der Waals surface area contributed by atoms with Crippen molar-refractivity contribution in [3.8, 4) is 16.3 Å². The molecule has 2 aromatic carbocycles. The topological polar surface area (TPSA) is 42.4 Å². The molecule has 0 saturated carbocycles. The van der Waals surface area contributed by atoms with Crippen LogP contribution in [0.25, 0.3) is 10.6 Å². The van der Waals surface area contributed by atoms with Gasteiger partial charge in [-0.2, -0.15) is 0 Å². The lowest BCUT2D eigenvalue weighted by Gasteiger charge is -2.16. The van der Waals surface area contributed by atoms with Crippen molar-refractivity contribution in [1.82, 2.24) is 4.98 Å². The number of hydrogen-bond acceptors (Lipinski definition) is 4. The van der Waals surface area contributed by atoms with E-state index in [-0.39, 0.29) is 5.91 Å². The summed E-state index contributed by atoms with van der Waals surface area (Å²) >= 11 is 1.49. The van der Waals surface area contributed by atoms with Crippen LogP contribution in [-0.2, 0) is 0 Å². The number of anilines is 1. The van der Waals surface area contributed by atoms with Gasteiger partial charge < -0.3 is 9.64 Å². The first kappa shape index (κ1) is 15.8. The number of carbonyl (C=O) groups excluding carboxylic acids is 1. The van der Waals surface area contributed by atoms with Gasteiger partial charge >= 0.3 is 0 Å². The lowest BCUT2D eigenvalue weighted by molar-refractivity contribution is 0.0984. The molecule has 126 valence electrons. The molecule has 3 aromatic rings. The Morgan fingerprint density at radius 2 is 1.96 bits per heavy atom. The van der Waals surface area contributed by atoms with E-state index in [1.165, 1.54) is 16.9 Å². The minimum atomic E-state index is -0.0344. The Kier molecular flexibility index (Phi) is 4.01. The number of amides is 1. The van der Waals surface area contributed by atoms with E-state index in [2.05, 4.69) is 18.0 Å².